The zero-order chi connectivity index (χ0) is 15.3. The van der Waals surface area contributed by atoms with Gasteiger partial charge < -0.3 is 10.1 Å². The van der Waals surface area contributed by atoms with Crippen LogP contribution in [0.5, 0.6) is 0 Å². The lowest BCUT2D eigenvalue weighted by Crippen LogP contribution is -2.48. The molecule has 0 aromatic carbocycles. The molecule has 1 aliphatic rings. The first-order chi connectivity index (χ1) is 10.2. The smallest absolute Gasteiger partial charge is 0.0594 e. The van der Waals surface area contributed by atoms with Crippen LogP contribution in [0.25, 0.3) is 0 Å². The van der Waals surface area contributed by atoms with Crippen LogP contribution in [0.4, 0.5) is 0 Å². The van der Waals surface area contributed by atoms with Gasteiger partial charge in [-0.3, -0.25) is 4.90 Å². The van der Waals surface area contributed by atoms with E-state index in [9.17, 15) is 0 Å². The summed E-state index contributed by atoms with van der Waals surface area (Å²) >= 11 is 0. The summed E-state index contributed by atoms with van der Waals surface area (Å²) in [5.74, 6) is 0.772. The van der Waals surface area contributed by atoms with Crippen LogP contribution < -0.4 is 5.32 Å². The summed E-state index contributed by atoms with van der Waals surface area (Å²) in [5, 5.41) is 3.70. The lowest BCUT2D eigenvalue weighted by Gasteiger charge is -2.35. The van der Waals surface area contributed by atoms with Crippen molar-refractivity contribution in [3.05, 3.63) is 0 Å². The highest BCUT2D eigenvalue weighted by Crippen LogP contribution is 2.13. The van der Waals surface area contributed by atoms with Gasteiger partial charge in [0.25, 0.3) is 0 Å². The Balaban J connectivity index is 2.11. The van der Waals surface area contributed by atoms with Gasteiger partial charge in [-0.05, 0) is 25.3 Å². The Morgan fingerprint density at radius 1 is 1.00 bits per heavy atom. The Bertz CT molecular complexity index is 227. The summed E-state index contributed by atoms with van der Waals surface area (Å²) in [6.07, 6.45) is 9.59. The summed E-state index contributed by atoms with van der Waals surface area (Å²) in [5.41, 5.74) is 0. The van der Waals surface area contributed by atoms with E-state index in [2.05, 4.69) is 31.0 Å². The van der Waals surface area contributed by atoms with Crippen LogP contribution in [0.2, 0.25) is 0 Å². The van der Waals surface area contributed by atoms with Gasteiger partial charge in [-0.2, -0.15) is 0 Å². The van der Waals surface area contributed by atoms with Crippen molar-refractivity contribution in [3.63, 3.8) is 0 Å². The third-order valence-electron chi connectivity index (χ3n) is 4.39. The van der Waals surface area contributed by atoms with Crippen molar-refractivity contribution in [2.24, 2.45) is 5.92 Å². The molecule has 0 saturated carbocycles. The molecule has 3 heteroatoms. The molecule has 1 unspecified atom stereocenters. The molecular weight excluding hydrogens is 260 g/mol. The zero-order valence-corrected chi connectivity index (χ0v) is 14.7. The minimum atomic E-state index is 0.689. The first kappa shape index (κ1) is 18.9. The van der Waals surface area contributed by atoms with E-state index in [1.54, 1.807) is 0 Å². The quantitative estimate of drug-likeness (QED) is 0.556. The highest BCUT2D eigenvalue weighted by Gasteiger charge is 2.21. The van der Waals surface area contributed by atoms with E-state index in [1.165, 1.54) is 51.5 Å². The van der Waals surface area contributed by atoms with Gasteiger partial charge >= 0.3 is 0 Å². The Hall–Kier alpha value is -0.120. The van der Waals surface area contributed by atoms with Crippen LogP contribution in [0, 0.1) is 5.92 Å². The second-order valence-electron chi connectivity index (χ2n) is 6.90. The van der Waals surface area contributed by atoms with E-state index in [0.29, 0.717) is 6.04 Å². The summed E-state index contributed by atoms with van der Waals surface area (Å²) in [6, 6.07) is 0.689. The van der Waals surface area contributed by atoms with Gasteiger partial charge in [0.1, 0.15) is 0 Å². The van der Waals surface area contributed by atoms with E-state index in [4.69, 9.17) is 4.74 Å². The molecule has 21 heavy (non-hydrogen) atoms. The van der Waals surface area contributed by atoms with Crippen molar-refractivity contribution in [2.75, 3.05) is 39.4 Å². The van der Waals surface area contributed by atoms with E-state index < -0.39 is 0 Å². The summed E-state index contributed by atoms with van der Waals surface area (Å²) in [4.78, 5) is 2.62. The normalized spacial score (nSPS) is 18.3. The molecular formula is C18H38N2O. The molecule has 3 nitrogen and oxygen atoms in total. The maximum atomic E-state index is 5.48. The number of hydrogen-bond acceptors (Lipinski definition) is 3. The maximum Gasteiger partial charge on any atom is 0.0594 e. The predicted molar refractivity (Wildman–Crippen MR) is 91.9 cm³/mol. The van der Waals surface area contributed by atoms with Crippen LogP contribution in [0.3, 0.4) is 0 Å². The standard InChI is InChI=1S/C18H38N2O/c1-4-5-6-7-8-9-10-19-16-18(15-17(2)3)20-11-13-21-14-12-20/h17-19H,4-16H2,1-3H3. The van der Waals surface area contributed by atoms with Crippen LogP contribution in [-0.4, -0.2) is 50.3 Å². The highest BCUT2D eigenvalue weighted by atomic mass is 16.5. The molecule has 1 fully saturated rings. The van der Waals surface area contributed by atoms with E-state index in [1.807, 2.05) is 0 Å². The number of hydrogen-bond donors (Lipinski definition) is 1. The van der Waals surface area contributed by atoms with Crippen molar-refractivity contribution < 1.29 is 4.74 Å². The molecule has 0 aromatic rings. The monoisotopic (exact) mass is 298 g/mol. The SMILES string of the molecule is CCCCCCCCNCC(CC(C)C)N1CCOCC1. The van der Waals surface area contributed by atoms with Crippen LogP contribution in [0.15, 0.2) is 0 Å². The number of unbranched alkanes of at least 4 members (excludes halogenated alkanes) is 5. The zero-order valence-electron chi connectivity index (χ0n) is 14.7. The molecule has 1 heterocycles. The van der Waals surface area contributed by atoms with Crippen molar-refractivity contribution in [1.82, 2.24) is 10.2 Å². The minimum absolute atomic E-state index is 0.689. The van der Waals surface area contributed by atoms with Crippen LogP contribution in [-0.2, 0) is 4.74 Å². The predicted octanol–water partition coefficient (Wildman–Crippen LogP) is 3.68. The lowest BCUT2D eigenvalue weighted by molar-refractivity contribution is 0.0124. The van der Waals surface area contributed by atoms with Crippen molar-refractivity contribution in [2.45, 2.75) is 71.8 Å². The first-order valence-electron chi connectivity index (χ1n) is 9.26. The average Bonchev–Trinajstić information content (AvgIpc) is 2.49. The van der Waals surface area contributed by atoms with Crippen LogP contribution in [0.1, 0.15) is 65.7 Å². The molecule has 1 aliphatic heterocycles. The molecule has 1 atom stereocenters. The molecule has 0 amide bonds. The fourth-order valence-corrected chi connectivity index (χ4v) is 3.15. The fraction of sp³-hybridized carbons (Fsp3) is 1.00. The van der Waals surface area contributed by atoms with Crippen molar-refractivity contribution in [1.29, 1.82) is 0 Å². The minimum Gasteiger partial charge on any atom is -0.379 e. The molecule has 0 radical (unpaired) electrons. The number of ether oxygens (including phenoxy) is 1. The Kier molecular flexibility index (Phi) is 11.2. The van der Waals surface area contributed by atoms with Crippen LogP contribution >= 0.6 is 0 Å². The molecule has 1 rings (SSSR count). The van der Waals surface area contributed by atoms with Gasteiger partial charge in [0, 0.05) is 25.7 Å². The van der Waals surface area contributed by atoms with Gasteiger partial charge in [0.05, 0.1) is 13.2 Å². The molecule has 1 saturated heterocycles. The van der Waals surface area contributed by atoms with Gasteiger partial charge in [0.2, 0.25) is 0 Å². The van der Waals surface area contributed by atoms with E-state index in [0.717, 1.165) is 38.8 Å². The molecule has 126 valence electrons. The molecule has 0 bridgehead atoms. The second-order valence-corrected chi connectivity index (χ2v) is 6.90. The van der Waals surface area contributed by atoms with E-state index in [-0.39, 0.29) is 0 Å². The number of nitrogens with zero attached hydrogens (tertiary/aromatic N) is 1. The molecule has 0 aliphatic carbocycles. The molecule has 1 N–H and O–H groups in total. The number of nitrogens with one attached hydrogen (secondary N) is 1. The summed E-state index contributed by atoms with van der Waals surface area (Å²) in [7, 11) is 0. The second kappa shape index (κ2) is 12.4. The third kappa shape index (κ3) is 9.49. The van der Waals surface area contributed by atoms with Gasteiger partial charge in [-0.25, -0.2) is 0 Å². The maximum absolute atomic E-state index is 5.48. The largest absolute Gasteiger partial charge is 0.379 e. The summed E-state index contributed by atoms with van der Waals surface area (Å²) in [6.45, 7) is 13.3. The Labute approximate surface area is 132 Å². The third-order valence-corrected chi connectivity index (χ3v) is 4.39. The molecule has 0 aromatic heterocycles. The summed E-state index contributed by atoms with van der Waals surface area (Å²) < 4.78 is 5.48. The highest BCUT2D eigenvalue weighted by molar-refractivity contribution is 4.77. The van der Waals surface area contributed by atoms with Gasteiger partial charge in [-0.1, -0.05) is 52.9 Å². The lowest BCUT2D eigenvalue weighted by atomic mass is 10.0. The fourth-order valence-electron chi connectivity index (χ4n) is 3.15. The first-order valence-corrected chi connectivity index (χ1v) is 9.26. The average molecular weight is 299 g/mol. The topological polar surface area (TPSA) is 24.5 Å². The van der Waals surface area contributed by atoms with E-state index >= 15 is 0 Å². The van der Waals surface area contributed by atoms with Gasteiger partial charge in [0.15, 0.2) is 0 Å². The number of rotatable bonds is 12. The van der Waals surface area contributed by atoms with Crippen molar-refractivity contribution >= 4 is 0 Å². The molecule has 0 spiro atoms. The Morgan fingerprint density at radius 3 is 2.33 bits per heavy atom. The van der Waals surface area contributed by atoms with Gasteiger partial charge in [-0.15, -0.1) is 0 Å². The number of morpholine rings is 1. The van der Waals surface area contributed by atoms with Crippen molar-refractivity contribution in [3.8, 4) is 0 Å². The Morgan fingerprint density at radius 2 is 1.67 bits per heavy atom.